The van der Waals surface area contributed by atoms with Crippen molar-refractivity contribution >= 4 is 11.7 Å². The minimum Gasteiger partial charge on any atom is -0.493 e. The van der Waals surface area contributed by atoms with Gasteiger partial charge in [0.15, 0.2) is 17.3 Å². The van der Waals surface area contributed by atoms with Gasteiger partial charge in [0.25, 0.3) is 0 Å². The van der Waals surface area contributed by atoms with Gasteiger partial charge >= 0.3 is 0 Å². The highest BCUT2D eigenvalue weighted by atomic mass is 16.5. The van der Waals surface area contributed by atoms with E-state index in [0.717, 1.165) is 12.2 Å². The van der Waals surface area contributed by atoms with Crippen molar-refractivity contribution in [3.63, 3.8) is 0 Å². The highest BCUT2D eigenvalue weighted by Gasteiger charge is 2.28. The van der Waals surface area contributed by atoms with Crippen molar-refractivity contribution in [1.29, 1.82) is 0 Å². The van der Waals surface area contributed by atoms with Gasteiger partial charge in [-0.2, -0.15) is 0 Å². The monoisotopic (exact) mass is 383 g/mol. The SMILES string of the molecule is COc1cc(CC(=O)N2CC[C@H](Oc3ccccc3)C2)c(C(C)=O)cc1OC. The van der Waals surface area contributed by atoms with Crippen LogP contribution < -0.4 is 14.2 Å². The summed E-state index contributed by atoms with van der Waals surface area (Å²) in [6, 6.07) is 12.9. The molecule has 148 valence electrons. The Hall–Kier alpha value is -3.02. The lowest BCUT2D eigenvalue weighted by Gasteiger charge is -2.19. The summed E-state index contributed by atoms with van der Waals surface area (Å²) >= 11 is 0. The predicted molar refractivity (Wildman–Crippen MR) is 105 cm³/mol. The molecule has 0 bridgehead atoms. The maximum Gasteiger partial charge on any atom is 0.227 e. The fraction of sp³-hybridized carbons (Fsp3) is 0.364. The fourth-order valence-electron chi connectivity index (χ4n) is 3.41. The van der Waals surface area contributed by atoms with Gasteiger partial charge in [0.1, 0.15) is 11.9 Å². The summed E-state index contributed by atoms with van der Waals surface area (Å²) in [5.74, 6) is 1.63. The first-order valence-corrected chi connectivity index (χ1v) is 9.27. The fourth-order valence-corrected chi connectivity index (χ4v) is 3.41. The van der Waals surface area contributed by atoms with Crippen LogP contribution in [-0.4, -0.2) is 50.0 Å². The molecule has 6 heteroatoms. The first kappa shape index (κ1) is 19.7. The molecule has 0 radical (unpaired) electrons. The zero-order valence-electron chi connectivity index (χ0n) is 16.4. The Kier molecular flexibility index (Phi) is 6.19. The Balaban J connectivity index is 1.70. The van der Waals surface area contributed by atoms with Crippen molar-refractivity contribution in [3.8, 4) is 17.2 Å². The van der Waals surface area contributed by atoms with Crippen LogP contribution in [0.4, 0.5) is 0 Å². The number of methoxy groups -OCH3 is 2. The maximum atomic E-state index is 12.8. The van der Waals surface area contributed by atoms with E-state index in [4.69, 9.17) is 14.2 Å². The largest absolute Gasteiger partial charge is 0.493 e. The zero-order chi connectivity index (χ0) is 20.1. The van der Waals surface area contributed by atoms with Crippen LogP contribution >= 0.6 is 0 Å². The van der Waals surface area contributed by atoms with Crippen molar-refractivity contribution in [2.45, 2.75) is 25.9 Å². The van der Waals surface area contributed by atoms with Crippen LogP contribution in [-0.2, 0) is 11.2 Å². The number of hydrogen-bond acceptors (Lipinski definition) is 5. The second kappa shape index (κ2) is 8.78. The first-order valence-electron chi connectivity index (χ1n) is 9.27. The summed E-state index contributed by atoms with van der Waals surface area (Å²) in [5.41, 5.74) is 1.12. The number of hydrogen-bond donors (Lipinski definition) is 0. The quantitative estimate of drug-likeness (QED) is 0.688. The highest BCUT2D eigenvalue weighted by Crippen LogP contribution is 2.31. The molecule has 28 heavy (non-hydrogen) atoms. The van der Waals surface area contributed by atoms with E-state index in [1.54, 1.807) is 17.0 Å². The van der Waals surface area contributed by atoms with E-state index in [9.17, 15) is 9.59 Å². The van der Waals surface area contributed by atoms with Crippen LogP contribution in [0.1, 0.15) is 29.3 Å². The van der Waals surface area contributed by atoms with Gasteiger partial charge in [-0.25, -0.2) is 0 Å². The summed E-state index contributed by atoms with van der Waals surface area (Å²) < 4.78 is 16.5. The number of ketones is 1. The van der Waals surface area contributed by atoms with E-state index in [0.29, 0.717) is 35.7 Å². The van der Waals surface area contributed by atoms with Crippen LogP contribution in [0.2, 0.25) is 0 Å². The van der Waals surface area contributed by atoms with Crippen molar-refractivity contribution in [2.75, 3.05) is 27.3 Å². The summed E-state index contributed by atoms with van der Waals surface area (Å²) in [4.78, 5) is 26.7. The topological polar surface area (TPSA) is 65.1 Å². The molecule has 1 aliphatic heterocycles. The molecule has 1 atom stereocenters. The molecule has 0 aromatic heterocycles. The zero-order valence-corrected chi connectivity index (χ0v) is 16.4. The number of likely N-dealkylation sites (tertiary alicyclic amines) is 1. The standard InChI is InChI=1S/C22H25NO5/c1-15(24)19-13-21(27-3)20(26-2)11-16(19)12-22(25)23-10-9-18(14-23)28-17-7-5-4-6-8-17/h4-8,11,13,18H,9-10,12,14H2,1-3H3/t18-/m0/s1. The van der Waals surface area contributed by atoms with E-state index in [1.165, 1.54) is 21.1 Å². The van der Waals surface area contributed by atoms with E-state index < -0.39 is 0 Å². The maximum absolute atomic E-state index is 12.8. The molecule has 0 N–H and O–H groups in total. The molecule has 0 saturated carbocycles. The van der Waals surface area contributed by atoms with Crippen molar-refractivity contribution in [3.05, 3.63) is 53.6 Å². The van der Waals surface area contributed by atoms with Gasteiger partial charge in [0.05, 0.1) is 27.2 Å². The third kappa shape index (κ3) is 4.44. The number of nitrogens with zero attached hydrogens (tertiary/aromatic N) is 1. The molecule has 0 aliphatic carbocycles. The van der Waals surface area contributed by atoms with Crippen LogP contribution in [0.25, 0.3) is 0 Å². The average Bonchev–Trinajstić information content (AvgIpc) is 3.16. The Morgan fingerprint density at radius 3 is 2.39 bits per heavy atom. The van der Waals surface area contributed by atoms with Crippen LogP contribution in [0, 0.1) is 0 Å². The van der Waals surface area contributed by atoms with Crippen molar-refractivity contribution in [1.82, 2.24) is 4.90 Å². The molecule has 1 aliphatic rings. The Bertz CT molecular complexity index is 850. The molecular weight excluding hydrogens is 358 g/mol. The van der Waals surface area contributed by atoms with Gasteiger partial charge in [0.2, 0.25) is 5.91 Å². The minimum absolute atomic E-state index is 0.0240. The third-order valence-corrected chi connectivity index (χ3v) is 4.87. The summed E-state index contributed by atoms with van der Waals surface area (Å²) in [5, 5.41) is 0. The lowest BCUT2D eigenvalue weighted by Crippen LogP contribution is -2.32. The van der Waals surface area contributed by atoms with Crippen molar-refractivity contribution < 1.29 is 23.8 Å². The van der Waals surface area contributed by atoms with Gasteiger partial charge in [0, 0.05) is 18.5 Å². The number of para-hydroxylation sites is 1. The molecule has 6 nitrogen and oxygen atoms in total. The highest BCUT2D eigenvalue weighted by molar-refractivity contribution is 5.97. The number of ether oxygens (including phenoxy) is 3. The second-order valence-electron chi connectivity index (χ2n) is 6.78. The van der Waals surface area contributed by atoms with E-state index in [-0.39, 0.29) is 24.2 Å². The van der Waals surface area contributed by atoms with Gasteiger partial charge in [-0.05, 0) is 36.8 Å². The molecule has 3 rings (SSSR count). The molecule has 0 spiro atoms. The van der Waals surface area contributed by atoms with Gasteiger partial charge < -0.3 is 19.1 Å². The number of amides is 1. The van der Waals surface area contributed by atoms with Crippen molar-refractivity contribution in [2.24, 2.45) is 0 Å². The van der Waals surface area contributed by atoms with Gasteiger partial charge in [-0.15, -0.1) is 0 Å². The molecule has 1 heterocycles. The molecule has 1 fully saturated rings. The Labute approximate surface area is 165 Å². The summed E-state index contributed by atoms with van der Waals surface area (Å²) in [6.45, 7) is 2.66. The van der Waals surface area contributed by atoms with Gasteiger partial charge in [-0.1, -0.05) is 18.2 Å². The second-order valence-corrected chi connectivity index (χ2v) is 6.78. The smallest absolute Gasteiger partial charge is 0.227 e. The number of rotatable bonds is 7. The molecule has 1 saturated heterocycles. The van der Waals surface area contributed by atoms with E-state index >= 15 is 0 Å². The minimum atomic E-state index is -0.115. The van der Waals surface area contributed by atoms with Crippen LogP contribution in [0.15, 0.2) is 42.5 Å². The Morgan fingerprint density at radius 2 is 1.75 bits per heavy atom. The lowest BCUT2D eigenvalue weighted by molar-refractivity contribution is -0.129. The average molecular weight is 383 g/mol. The number of benzene rings is 2. The number of carbonyl (C=O) groups is 2. The van der Waals surface area contributed by atoms with Crippen LogP contribution in [0.5, 0.6) is 17.2 Å². The third-order valence-electron chi connectivity index (χ3n) is 4.87. The summed E-state index contributed by atoms with van der Waals surface area (Å²) in [7, 11) is 3.05. The molecule has 1 amide bonds. The molecule has 0 unspecified atom stereocenters. The van der Waals surface area contributed by atoms with E-state index in [1.807, 2.05) is 30.3 Å². The Morgan fingerprint density at radius 1 is 1.07 bits per heavy atom. The molecule has 2 aromatic carbocycles. The molecule has 2 aromatic rings. The van der Waals surface area contributed by atoms with Gasteiger partial charge in [-0.3, -0.25) is 9.59 Å². The lowest BCUT2D eigenvalue weighted by atomic mass is 10.00. The number of carbonyl (C=O) groups excluding carboxylic acids is 2. The molecular formula is C22H25NO5. The summed E-state index contributed by atoms with van der Waals surface area (Å²) in [6.07, 6.45) is 0.892. The normalized spacial score (nSPS) is 16.0. The van der Waals surface area contributed by atoms with Crippen LogP contribution in [0.3, 0.4) is 0 Å². The van der Waals surface area contributed by atoms with E-state index in [2.05, 4.69) is 0 Å². The first-order chi connectivity index (χ1) is 13.5. The number of Topliss-reactive ketones (excluding diaryl/α,β-unsaturated/α-hetero) is 1. The predicted octanol–water partition coefficient (Wildman–Crippen LogP) is 3.13.